The molecule has 0 saturated carbocycles. The van der Waals surface area contributed by atoms with Gasteiger partial charge in [-0.25, -0.2) is 4.79 Å². The fourth-order valence-corrected chi connectivity index (χ4v) is 5.25. The minimum atomic E-state index is -1.25. The molecule has 0 unspecified atom stereocenters. The first-order valence-corrected chi connectivity index (χ1v) is 13.7. The van der Waals surface area contributed by atoms with E-state index in [2.05, 4.69) is 15.7 Å². The molecule has 12 heteroatoms. The fourth-order valence-electron chi connectivity index (χ4n) is 5.25. The zero-order chi connectivity index (χ0) is 30.0. The van der Waals surface area contributed by atoms with Gasteiger partial charge in [-0.3, -0.25) is 19.1 Å². The van der Waals surface area contributed by atoms with Crippen molar-refractivity contribution in [2.45, 2.75) is 45.4 Å². The monoisotopic (exact) mass is 575 g/mol. The van der Waals surface area contributed by atoms with Crippen molar-refractivity contribution in [3.05, 3.63) is 76.1 Å². The number of carboxylic acids is 1. The SMILES string of the molecule is Cc1nn(C)c(C)c1CCC(=O)N1C[C@@H]2NC(=O)c3cc(cc(C(=O)O)c3)OCC(=O)NCc3ccc(cc3)O[C@H]2C1. The van der Waals surface area contributed by atoms with E-state index in [1.807, 2.05) is 33.0 Å². The Morgan fingerprint density at radius 2 is 1.83 bits per heavy atom. The molecule has 3 amide bonds. The van der Waals surface area contributed by atoms with Crippen LogP contribution >= 0.6 is 0 Å². The molecule has 0 aliphatic carbocycles. The predicted octanol–water partition coefficient (Wildman–Crippen LogP) is 1.76. The molecule has 3 aliphatic rings. The highest BCUT2D eigenvalue weighted by Gasteiger charge is 2.38. The maximum Gasteiger partial charge on any atom is 0.335 e. The molecule has 2 aromatic carbocycles. The Labute approximate surface area is 242 Å². The van der Waals surface area contributed by atoms with Crippen molar-refractivity contribution in [3.63, 3.8) is 0 Å². The number of likely N-dealkylation sites (tertiary alicyclic amines) is 1. The van der Waals surface area contributed by atoms with Crippen molar-refractivity contribution in [2.24, 2.45) is 7.05 Å². The minimum absolute atomic E-state index is 0.0459. The number of aromatic carboxylic acids is 1. The van der Waals surface area contributed by atoms with Gasteiger partial charge in [0.15, 0.2) is 6.61 Å². The zero-order valence-electron chi connectivity index (χ0n) is 23.7. The number of fused-ring (bicyclic) bond motifs is 7. The molecule has 1 aromatic heterocycles. The number of benzene rings is 2. The molecular weight excluding hydrogens is 542 g/mol. The predicted molar refractivity (Wildman–Crippen MR) is 150 cm³/mol. The molecule has 4 bridgehead atoms. The smallest absolute Gasteiger partial charge is 0.335 e. The largest absolute Gasteiger partial charge is 0.486 e. The maximum atomic E-state index is 13.4. The third kappa shape index (κ3) is 6.37. The number of hydrogen-bond donors (Lipinski definition) is 3. The molecule has 4 heterocycles. The second-order valence-electron chi connectivity index (χ2n) is 10.6. The minimum Gasteiger partial charge on any atom is -0.486 e. The second kappa shape index (κ2) is 11.9. The van der Waals surface area contributed by atoms with E-state index in [0.29, 0.717) is 12.2 Å². The van der Waals surface area contributed by atoms with E-state index < -0.39 is 29.9 Å². The van der Waals surface area contributed by atoms with Crippen molar-refractivity contribution < 1.29 is 33.8 Å². The Balaban J connectivity index is 1.39. The summed E-state index contributed by atoms with van der Waals surface area (Å²) >= 11 is 0. The Morgan fingerprint density at radius 3 is 2.52 bits per heavy atom. The number of hydrogen-bond acceptors (Lipinski definition) is 7. The lowest BCUT2D eigenvalue weighted by Crippen LogP contribution is -2.45. The highest BCUT2D eigenvalue weighted by atomic mass is 16.5. The summed E-state index contributed by atoms with van der Waals surface area (Å²) in [4.78, 5) is 52.4. The van der Waals surface area contributed by atoms with E-state index in [9.17, 15) is 24.3 Å². The van der Waals surface area contributed by atoms with E-state index in [1.165, 1.54) is 18.2 Å². The van der Waals surface area contributed by atoms with E-state index in [1.54, 1.807) is 21.7 Å². The van der Waals surface area contributed by atoms with Crippen LogP contribution in [0.4, 0.5) is 0 Å². The molecule has 3 aromatic rings. The number of ether oxygens (including phenoxy) is 2. The van der Waals surface area contributed by atoms with Gasteiger partial charge < -0.3 is 30.1 Å². The summed E-state index contributed by atoms with van der Waals surface area (Å²) in [7, 11) is 1.87. The van der Waals surface area contributed by atoms with Crippen molar-refractivity contribution in [1.82, 2.24) is 25.3 Å². The van der Waals surface area contributed by atoms with Gasteiger partial charge in [0, 0.05) is 37.8 Å². The second-order valence-corrected chi connectivity index (χ2v) is 10.6. The van der Waals surface area contributed by atoms with Crippen LogP contribution in [-0.2, 0) is 29.6 Å². The number of nitrogens with zero attached hydrogens (tertiary/aromatic N) is 3. The maximum absolute atomic E-state index is 13.4. The topological polar surface area (TPSA) is 152 Å². The van der Waals surface area contributed by atoms with Gasteiger partial charge in [-0.15, -0.1) is 0 Å². The Bertz CT molecular complexity index is 1530. The summed E-state index contributed by atoms with van der Waals surface area (Å²) in [6.07, 6.45) is 0.272. The molecule has 0 radical (unpaired) electrons. The molecule has 220 valence electrons. The lowest BCUT2D eigenvalue weighted by atomic mass is 10.1. The molecule has 3 N–H and O–H groups in total. The van der Waals surface area contributed by atoms with Crippen molar-refractivity contribution in [1.29, 1.82) is 0 Å². The van der Waals surface area contributed by atoms with Crippen LogP contribution in [0.25, 0.3) is 0 Å². The molecule has 42 heavy (non-hydrogen) atoms. The summed E-state index contributed by atoms with van der Waals surface area (Å²) in [5, 5.41) is 19.7. The van der Waals surface area contributed by atoms with Crippen LogP contribution in [0.5, 0.6) is 11.5 Å². The Morgan fingerprint density at radius 1 is 1.07 bits per heavy atom. The number of aromatic nitrogens is 2. The lowest BCUT2D eigenvalue weighted by Gasteiger charge is -2.21. The number of rotatable bonds is 4. The van der Waals surface area contributed by atoms with Crippen LogP contribution in [0.3, 0.4) is 0 Å². The van der Waals surface area contributed by atoms with Gasteiger partial charge in [0.2, 0.25) is 5.91 Å². The van der Waals surface area contributed by atoms with Gasteiger partial charge in [-0.05, 0) is 61.7 Å². The van der Waals surface area contributed by atoms with Gasteiger partial charge in [0.1, 0.15) is 17.6 Å². The first-order chi connectivity index (χ1) is 20.1. The fraction of sp³-hybridized carbons (Fsp3) is 0.367. The summed E-state index contributed by atoms with van der Waals surface area (Å²) in [5.41, 5.74) is 3.68. The number of amides is 3. The number of carbonyl (C=O) groups is 4. The molecular formula is C30H33N5O7. The van der Waals surface area contributed by atoms with Crippen molar-refractivity contribution in [2.75, 3.05) is 19.7 Å². The first-order valence-electron chi connectivity index (χ1n) is 13.7. The number of aryl methyl sites for hydroxylation is 2. The normalized spacial score (nSPS) is 18.8. The molecule has 6 rings (SSSR count). The van der Waals surface area contributed by atoms with Crippen LogP contribution in [0.2, 0.25) is 0 Å². The zero-order valence-corrected chi connectivity index (χ0v) is 23.7. The number of carboxylic acid groups (broad SMARTS) is 1. The molecule has 1 saturated heterocycles. The third-order valence-corrected chi connectivity index (χ3v) is 7.67. The molecule has 12 nitrogen and oxygen atoms in total. The highest BCUT2D eigenvalue weighted by molar-refractivity contribution is 5.98. The summed E-state index contributed by atoms with van der Waals surface area (Å²) in [6, 6.07) is 10.5. The standard InChI is InChI=1S/C30H33N5O7/c1-17-24(18(2)34(3)33-17)8-9-28(37)35-14-25-26(15-35)42-22-6-4-19(5-7-22)13-31-27(36)16-41-23-11-20(29(38)32-25)10-21(12-23)30(39)40/h4-7,10-12,25-26H,8-9,13-16H2,1-3H3,(H,31,36)(H,32,38)(H,39,40)/t25-,26-/m0/s1. The average molecular weight is 576 g/mol. The van der Waals surface area contributed by atoms with Gasteiger partial charge >= 0.3 is 5.97 Å². The van der Waals surface area contributed by atoms with Crippen LogP contribution in [0, 0.1) is 13.8 Å². The Hall–Kier alpha value is -4.87. The summed E-state index contributed by atoms with van der Waals surface area (Å²) in [6.45, 7) is 4.28. The van der Waals surface area contributed by atoms with E-state index in [4.69, 9.17) is 9.47 Å². The average Bonchev–Trinajstić information content (AvgIpc) is 3.47. The van der Waals surface area contributed by atoms with Gasteiger partial charge in [-0.1, -0.05) is 12.1 Å². The molecule has 0 spiro atoms. The third-order valence-electron chi connectivity index (χ3n) is 7.67. The van der Waals surface area contributed by atoms with Crippen LogP contribution in [0.15, 0.2) is 42.5 Å². The van der Waals surface area contributed by atoms with E-state index in [0.717, 1.165) is 22.5 Å². The van der Waals surface area contributed by atoms with Crippen LogP contribution < -0.4 is 20.1 Å². The quantitative estimate of drug-likeness (QED) is 0.426. The Kier molecular flexibility index (Phi) is 8.14. The molecule has 1 fully saturated rings. The van der Waals surface area contributed by atoms with Gasteiger partial charge in [0.05, 0.1) is 23.8 Å². The van der Waals surface area contributed by atoms with E-state index >= 15 is 0 Å². The van der Waals surface area contributed by atoms with Crippen molar-refractivity contribution >= 4 is 23.7 Å². The highest BCUT2D eigenvalue weighted by Crippen LogP contribution is 2.23. The number of carbonyl (C=O) groups excluding carboxylic acids is 3. The lowest BCUT2D eigenvalue weighted by molar-refractivity contribution is -0.130. The number of nitrogens with one attached hydrogen (secondary N) is 2. The summed E-state index contributed by atoms with van der Waals surface area (Å²) in [5.74, 6) is -1.65. The van der Waals surface area contributed by atoms with E-state index in [-0.39, 0.29) is 55.4 Å². The van der Waals surface area contributed by atoms with Crippen LogP contribution in [-0.4, -0.2) is 75.3 Å². The van der Waals surface area contributed by atoms with Crippen molar-refractivity contribution in [3.8, 4) is 11.5 Å². The van der Waals surface area contributed by atoms with Gasteiger partial charge in [0.25, 0.3) is 11.8 Å². The van der Waals surface area contributed by atoms with Crippen LogP contribution in [0.1, 0.15) is 49.7 Å². The molecule has 3 aliphatic heterocycles. The van der Waals surface area contributed by atoms with Gasteiger partial charge in [-0.2, -0.15) is 5.10 Å². The molecule has 2 atom stereocenters. The first kappa shape index (κ1) is 28.7. The summed E-state index contributed by atoms with van der Waals surface area (Å²) < 4.78 is 13.6.